The molecule has 9 heteroatoms. The van der Waals surface area contributed by atoms with Crippen LogP contribution in [-0.4, -0.2) is 31.7 Å². The first kappa shape index (κ1) is 21.0. The molecular weight excluding hydrogens is 414 g/mol. The minimum absolute atomic E-state index is 0.0295. The van der Waals surface area contributed by atoms with Crippen LogP contribution in [0.3, 0.4) is 0 Å². The van der Waals surface area contributed by atoms with Gasteiger partial charge in [0.25, 0.3) is 5.56 Å². The van der Waals surface area contributed by atoms with Gasteiger partial charge in [-0.25, -0.2) is 0 Å². The number of fused-ring (bicyclic) bond motifs is 3. The van der Waals surface area contributed by atoms with Crippen molar-refractivity contribution in [2.24, 2.45) is 0 Å². The van der Waals surface area contributed by atoms with Crippen molar-refractivity contribution in [3.8, 4) is 5.75 Å². The summed E-state index contributed by atoms with van der Waals surface area (Å²) >= 11 is 1.42. The lowest BCUT2D eigenvalue weighted by atomic mass is 10.2. The Morgan fingerprint density at radius 2 is 1.97 bits per heavy atom. The summed E-state index contributed by atoms with van der Waals surface area (Å²) in [5.41, 5.74) is 1.48. The van der Waals surface area contributed by atoms with Crippen molar-refractivity contribution < 1.29 is 9.53 Å². The normalized spacial score (nSPS) is 11.3. The van der Waals surface area contributed by atoms with Crippen LogP contribution >= 0.6 is 11.3 Å². The van der Waals surface area contributed by atoms with Gasteiger partial charge in [-0.3, -0.25) is 18.6 Å². The molecule has 0 radical (unpaired) electrons. The van der Waals surface area contributed by atoms with E-state index in [1.807, 2.05) is 47.0 Å². The quantitative estimate of drug-likeness (QED) is 0.427. The number of rotatable bonds is 9. The van der Waals surface area contributed by atoms with E-state index in [0.717, 1.165) is 24.1 Å². The molecule has 0 fully saturated rings. The fraction of sp³-hybridized carbons (Fsp3) is 0.364. The summed E-state index contributed by atoms with van der Waals surface area (Å²) in [7, 11) is 0. The third-order valence-corrected chi connectivity index (χ3v) is 5.93. The van der Waals surface area contributed by atoms with Crippen molar-refractivity contribution in [1.29, 1.82) is 0 Å². The molecule has 1 amide bonds. The van der Waals surface area contributed by atoms with Gasteiger partial charge >= 0.3 is 0 Å². The Hall–Kier alpha value is -3.20. The van der Waals surface area contributed by atoms with Crippen LogP contribution in [0.5, 0.6) is 5.75 Å². The molecule has 0 aliphatic rings. The lowest BCUT2D eigenvalue weighted by molar-refractivity contribution is -0.116. The highest BCUT2D eigenvalue weighted by atomic mass is 32.1. The van der Waals surface area contributed by atoms with Gasteiger partial charge in [-0.15, -0.1) is 21.5 Å². The van der Waals surface area contributed by atoms with Gasteiger partial charge in [-0.1, -0.05) is 13.3 Å². The van der Waals surface area contributed by atoms with Crippen molar-refractivity contribution in [2.75, 3.05) is 11.9 Å². The minimum atomic E-state index is -0.109. The molecular formula is C22H25N5O3S. The van der Waals surface area contributed by atoms with Gasteiger partial charge in [0, 0.05) is 25.1 Å². The van der Waals surface area contributed by atoms with Crippen LogP contribution in [0.2, 0.25) is 0 Å². The molecule has 162 valence electrons. The number of hydrogen-bond acceptors (Lipinski definition) is 6. The summed E-state index contributed by atoms with van der Waals surface area (Å²) in [6.45, 7) is 5.21. The number of thiophene rings is 1. The molecule has 4 rings (SSSR count). The second-order valence-electron chi connectivity index (χ2n) is 7.20. The molecule has 0 aliphatic heterocycles. The average Bonchev–Trinajstić information content (AvgIpc) is 3.41. The number of benzene rings is 1. The Balaban J connectivity index is 1.54. The third-order valence-electron chi connectivity index (χ3n) is 5.04. The zero-order chi connectivity index (χ0) is 21.8. The number of unbranched alkanes of at least 4 members (excludes halogenated alkanes) is 1. The van der Waals surface area contributed by atoms with Crippen LogP contribution in [0.1, 0.15) is 38.9 Å². The molecule has 0 saturated carbocycles. The number of aryl methyl sites for hydroxylation is 2. The smallest absolute Gasteiger partial charge is 0.272 e. The summed E-state index contributed by atoms with van der Waals surface area (Å²) in [6.07, 6.45) is 2.54. The maximum absolute atomic E-state index is 12.9. The highest BCUT2D eigenvalue weighted by Crippen LogP contribution is 2.21. The topological polar surface area (TPSA) is 90.5 Å². The highest BCUT2D eigenvalue weighted by Gasteiger charge is 2.18. The summed E-state index contributed by atoms with van der Waals surface area (Å²) in [5.74, 6) is 1.86. The van der Waals surface area contributed by atoms with Crippen LogP contribution in [0, 0.1) is 0 Å². The number of hydrogen-bond donors (Lipinski definition) is 1. The number of nitrogens with zero attached hydrogens (tertiary/aromatic N) is 4. The maximum Gasteiger partial charge on any atom is 0.272 e. The van der Waals surface area contributed by atoms with E-state index in [-0.39, 0.29) is 17.9 Å². The molecule has 31 heavy (non-hydrogen) atoms. The minimum Gasteiger partial charge on any atom is -0.494 e. The summed E-state index contributed by atoms with van der Waals surface area (Å²) in [4.78, 5) is 25.3. The van der Waals surface area contributed by atoms with Gasteiger partial charge in [0.15, 0.2) is 0 Å². The van der Waals surface area contributed by atoms with Crippen LogP contribution in [0.15, 0.2) is 40.5 Å². The Kier molecular flexibility index (Phi) is 6.31. The SMILES string of the molecule is CCCCn1c(=O)c2sccc2n2c(CCC(=O)Nc3ccc(OCC)cc3)nnc12. The van der Waals surface area contributed by atoms with E-state index >= 15 is 0 Å². The molecule has 3 aromatic heterocycles. The molecule has 0 unspecified atom stereocenters. The molecule has 0 saturated heterocycles. The number of ether oxygens (including phenoxy) is 1. The van der Waals surface area contributed by atoms with Crippen LogP contribution < -0.4 is 15.6 Å². The number of amides is 1. The van der Waals surface area contributed by atoms with E-state index in [4.69, 9.17) is 4.74 Å². The average molecular weight is 440 g/mol. The van der Waals surface area contributed by atoms with Crippen LogP contribution in [-0.2, 0) is 17.8 Å². The molecule has 0 bridgehead atoms. The maximum atomic E-state index is 12.9. The summed E-state index contributed by atoms with van der Waals surface area (Å²) < 4.78 is 9.71. The van der Waals surface area contributed by atoms with Gasteiger partial charge in [0.1, 0.15) is 16.3 Å². The van der Waals surface area contributed by atoms with Crippen molar-refractivity contribution in [3.05, 3.63) is 51.9 Å². The molecule has 3 heterocycles. The lowest BCUT2D eigenvalue weighted by Crippen LogP contribution is -2.23. The Morgan fingerprint density at radius 1 is 1.16 bits per heavy atom. The molecule has 4 aromatic rings. The zero-order valence-electron chi connectivity index (χ0n) is 17.6. The predicted octanol–water partition coefficient (Wildman–Crippen LogP) is 3.88. The largest absolute Gasteiger partial charge is 0.494 e. The molecule has 1 aromatic carbocycles. The first-order valence-electron chi connectivity index (χ1n) is 10.5. The van der Waals surface area contributed by atoms with E-state index in [2.05, 4.69) is 22.4 Å². The molecule has 1 N–H and O–H groups in total. The van der Waals surface area contributed by atoms with E-state index in [1.165, 1.54) is 11.3 Å². The van der Waals surface area contributed by atoms with E-state index in [1.54, 1.807) is 4.57 Å². The number of carbonyl (C=O) groups excluding carboxylic acids is 1. The molecule has 0 atom stereocenters. The monoisotopic (exact) mass is 439 g/mol. The lowest BCUT2D eigenvalue weighted by Gasteiger charge is -2.09. The van der Waals surface area contributed by atoms with Gasteiger partial charge in [0.05, 0.1) is 12.1 Å². The van der Waals surface area contributed by atoms with Crippen molar-refractivity contribution in [2.45, 2.75) is 46.1 Å². The zero-order valence-corrected chi connectivity index (χ0v) is 18.4. The van der Waals surface area contributed by atoms with Crippen molar-refractivity contribution in [1.82, 2.24) is 19.2 Å². The Labute approximate surface area is 183 Å². The second kappa shape index (κ2) is 9.30. The first-order chi connectivity index (χ1) is 15.1. The molecule has 0 aliphatic carbocycles. The molecule has 8 nitrogen and oxygen atoms in total. The van der Waals surface area contributed by atoms with E-state index in [0.29, 0.717) is 41.6 Å². The van der Waals surface area contributed by atoms with Crippen LogP contribution in [0.25, 0.3) is 16.0 Å². The standard InChI is InChI=1S/C22H25N5O3S/c1-3-5-13-26-21(29)20-17(12-14-31-20)27-18(24-25-22(26)27)10-11-19(28)23-15-6-8-16(9-7-15)30-4-2/h6-9,12,14H,3-5,10-11,13H2,1-2H3,(H,23,28). The van der Waals surface area contributed by atoms with Crippen molar-refractivity contribution >= 4 is 38.9 Å². The van der Waals surface area contributed by atoms with Gasteiger partial charge in [-0.05, 0) is 49.1 Å². The van der Waals surface area contributed by atoms with E-state index in [9.17, 15) is 9.59 Å². The third kappa shape index (κ3) is 4.32. The Morgan fingerprint density at radius 3 is 2.71 bits per heavy atom. The first-order valence-corrected chi connectivity index (χ1v) is 11.4. The number of anilines is 1. The Bertz CT molecular complexity index is 1260. The van der Waals surface area contributed by atoms with E-state index < -0.39 is 0 Å². The number of aromatic nitrogens is 4. The fourth-order valence-electron chi connectivity index (χ4n) is 3.51. The highest BCUT2D eigenvalue weighted by molar-refractivity contribution is 7.17. The van der Waals surface area contributed by atoms with Crippen LogP contribution in [0.4, 0.5) is 5.69 Å². The fourth-order valence-corrected chi connectivity index (χ4v) is 4.33. The number of nitrogens with one attached hydrogen (secondary N) is 1. The summed E-state index contributed by atoms with van der Waals surface area (Å²) in [5, 5.41) is 13.4. The van der Waals surface area contributed by atoms with Gasteiger partial charge in [0.2, 0.25) is 11.7 Å². The summed E-state index contributed by atoms with van der Waals surface area (Å²) in [6, 6.07) is 9.20. The number of carbonyl (C=O) groups is 1. The van der Waals surface area contributed by atoms with Gasteiger partial charge < -0.3 is 10.1 Å². The van der Waals surface area contributed by atoms with Gasteiger partial charge in [-0.2, -0.15) is 0 Å². The second-order valence-corrected chi connectivity index (χ2v) is 8.12. The predicted molar refractivity (Wildman–Crippen MR) is 122 cm³/mol. The molecule has 0 spiro atoms. The van der Waals surface area contributed by atoms with Crippen molar-refractivity contribution in [3.63, 3.8) is 0 Å².